The van der Waals surface area contributed by atoms with Crippen LogP contribution in [0, 0.1) is 0 Å². The molecule has 138 valence electrons. The van der Waals surface area contributed by atoms with Crippen LogP contribution < -0.4 is 10.9 Å². The Balaban J connectivity index is 1.66. The van der Waals surface area contributed by atoms with E-state index in [-0.39, 0.29) is 11.7 Å². The molecule has 2 N–H and O–H groups in total. The molecule has 2 unspecified atom stereocenters. The molecule has 1 saturated heterocycles. The zero-order valence-corrected chi connectivity index (χ0v) is 15.1. The molecule has 2 aromatic heterocycles. The van der Waals surface area contributed by atoms with Crippen LogP contribution in [0.1, 0.15) is 19.2 Å². The lowest BCUT2D eigenvalue weighted by atomic mass is 10.2. The van der Waals surface area contributed by atoms with E-state index in [0.717, 1.165) is 24.3 Å². The number of benzene rings is 1. The maximum atomic E-state index is 12.7. The first-order valence-electron chi connectivity index (χ1n) is 9.04. The van der Waals surface area contributed by atoms with Gasteiger partial charge in [0.15, 0.2) is 5.82 Å². The van der Waals surface area contributed by atoms with Gasteiger partial charge in [-0.1, -0.05) is 12.1 Å². The van der Waals surface area contributed by atoms with Crippen LogP contribution in [0.15, 0.2) is 29.1 Å². The topological polar surface area (TPSA) is 87.7 Å². The average molecular weight is 356 g/mol. The highest BCUT2D eigenvalue weighted by Gasteiger charge is 2.27. The summed E-state index contributed by atoms with van der Waals surface area (Å²) in [6.45, 7) is 4.52. The minimum Gasteiger partial charge on any atom is -0.392 e. The Kier molecular flexibility index (Phi) is 4.47. The van der Waals surface area contributed by atoms with Gasteiger partial charge in [-0.2, -0.15) is 0 Å². The molecule has 4 rings (SSSR count). The Morgan fingerprint density at radius 3 is 2.85 bits per heavy atom. The van der Waals surface area contributed by atoms with E-state index in [1.807, 2.05) is 42.6 Å². The highest BCUT2D eigenvalue weighted by atomic mass is 16.3. The minimum atomic E-state index is -0.247. The molecule has 1 aromatic carbocycles. The van der Waals surface area contributed by atoms with Gasteiger partial charge in [-0.05, 0) is 32.5 Å². The number of rotatable bonds is 5. The maximum absolute atomic E-state index is 12.7. The quantitative estimate of drug-likeness (QED) is 0.680. The van der Waals surface area contributed by atoms with Crippen LogP contribution in [-0.4, -0.2) is 61.5 Å². The van der Waals surface area contributed by atoms with E-state index in [4.69, 9.17) is 0 Å². The summed E-state index contributed by atoms with van der Waals surface area (Å²) in [5.74, 6) is 1.35. The molecule has 1 aliphatic heterocycles. The highest BCUT2D eigenvalue weighted by Crippen LogP contribution is 2.16. The number of aryl methyl sites for hydroxylation is 1. The van der Waals surface area contributed by atoms with Crippen LogP contribution in [0.2, 0.25) is 0 Å². The maximum Gasteiger partial charge on any atom is 0.262 e. The number of β-amino-alcohol motifs (C(OH)–C–C–N with tert-alkyl or cyclic N) is 1. The minimum absolute atomic E-state index is 0.0379. The molecule has 0 radical (unpaired) electrons. The van der Waals surface area contributed by atoms with Crippen molar-refractivity contribution in [2.24, 2.45) is 0 Å². The van der Waals surface area contributed by atoms with Crippen LogP contribution in [0.5, 0.6) is 0 Å². The number of likely N-dealkylation sites (N-methyl/N-ethyl adjacent to an activating group) is 1. The van der Waals surface area contributed by atoms with Crippen LogP contribution in [0.3, 0.4) is 0 Å². The van der Waals surface area contributed by atoms with Gasteiger partial charge in [-0.3, -0.25) is 18.7 Å². The predicted octanol–water partition coefficient (Wildman–Crippen LogP) is 0.219. The fourth-order valence-electron chi connectivity index (χ4n) is 3.85. The molecule has 8 heteroatoms. The summed E-state index contributed by atoms with van der Waals surface area (Å²) < 4.78 is 3.61. The number of hydrogen-bond acceptors (Lipinski definition) is 6. The molecular formula is C18H24N6O2. The average Bonchev–Trinajstić information content (AvgIpc) is 3.19. The second-order valence-electron chi connectivity index (χ2n) is 6.93. The van der Waals surface area contributed by atoms with Gasteiger partial charge >= 0.3 is 0 Å². The molecule has 2 atom stereocenters. The van der Waals surface area contributed by atoms with Crippen molar-refractivity contribution in [3.63, 3.8) is 0 Å². The molecule has 3 heterocycles. The molecule has 0 spiro atoms. The first-order chi connectivity index (χ1) is 12.6. The van der Waals surface area contributed by atoms with Crippen molar-refractivity contribution in [3.8, 4) is 0 Å². The predicted molar refractivity (Wildman–Crippen MR) is 99.2 cm³/mol. The molecule has 3 aromatic rings. The van der Waals surface area contributed by atoms with E-state index in [0.29, 0.717) is 36.8 Å². The first kappa shape index (κ1) is 17.1. The zero-order valence-electron chi connectivity index (χ0n) is 15.1. The Labute approximate surface area is 151 Å². The molecule has 0 aliphatic carbocycles. The third-order valence-corrected chi connectivity index (χ3v) is 5.22. The van der Waals surface area contributed by atoms with Crippen molar-refractivity contribution < 1.29 is 5.11 Å². The number of nitrogens with one attached hydrogen (secondary N) is 1. The fourth-order valence-corrected chi connectivity index (χ4v) is 3.85. The lowest BCUT2D eigenvalue weighted by Crippen LogP contribution is -2.35. The summed E-state index contributed by atoms with van der Waals surface area (Å²) in [4.78, 5) is 14.8. The summed E-state index contributed by atoms with van der Waals surface area (Å²) in [7, 11) is 2.03. The van der Waals surface area contributed by atoms with Crippen molar-refractivity contribution in [2.75, 3.05) is 20.1 Å². The highest BCUT2D eigenvalue weighted by molar-refractivity contribution is 5.80. The van der Waals surface area contributed by atoms with Crippen molar-refractivity contribution >= 4 is 16.7 Å². The molecule has 1 fully saturated rings. The number of likely N-dealkylation sites (tertiary alicyclic amines) is 1. The van der Waals surface area contributed by atoms with Crippen molar-refractivity contribution in [1.82, 2.24) is 29.4 Å². The number of hydrogen-bond donors (Lipinski definition) is 2. The lowest BCUT2D eigenvalue weighted by molar-refractivity contribution is 0.182. The molecule has 0 amide bonds. The van der Waals surface area contributed by atoms with Crippen LogP contribution in [0.25, 0.3) is 16.7 Å². The van der Waals surface area contributed by atoms with Gasteiger partial charge in [0.05, 0.1) is 23.6 Å². The molecule has 0 saturated carbocycles. The molecule has 1 aliphatic rings. The number of aliphatic hydroxyl groups is 1. The smallest absolute Gasteiger partial charge is 0.262 e. The van der Waals surface area contributed by atoms with Gasteiger partial charge in [0.1, 0.15) is 0 Å². The Morgan fingerprint density at radius 2 is 2.12 bits per heavy atom. The van der Waals surface area contributed by atoms with E-state index >= 15 is 0 Å². The number of aliphatic hydroxyl groups excluding tert-OH is 1. The summed E-state index contributed by atoms with van der Waals surface area (Å²) in [6, 6.07) is 7.88. The van der Waals surface area contributed by atoms with Gasteiger partial charge in [-0.25, -0.2) is 0 Å². The molecule has 8 nitrogen and oxygen atoms in total. The van der Waals surface area contributed by atoms with E-state index in [9.17, 15) is 9.90 Å². The Hall–Kier alpha value is -2.29. The second kappa shape index (κ2) is 6.79. The number of aromatic nitrogens is 4. The third-order valence-electron chi connectivity index (χ3n) is 5.22. The van der Waals surface area contributed by atoms with Crippen LogP contribution in [0.4, 0.5) is 0 Å². The molecule has 26 heavy (non-hydrogen) atoms. The van der Waals surface area contributed by atoms with Gasteiger partial charge < -0.3 is 10.4 Å². The second-order valence-corrected chi connectivity index (χ2v) is 6.93. The summed E-state index contributed by atoms with van der Waals surface area (Å²) in [5, 5.41) is 22.4. The van der Waals surface area contributed by atoms with Gasteiger partial charge in [0.2, 0.25) is 5.78 Å². The number of nitrogens with zero attached hydrogens (tertiary/aromatic N) is 5. The third kappa shape index (κ3) is 2.80. The van der Waals surface area contributed by atoms with Crippen molar-refractivity contribution in [2.45, 2.75) is 38.6 Å². The van der Waals surface area contributed by atoms with Gasteiger partial charge in [-0.15, -0.1) is 10.2 Å². The van der Waals surface area contributed by atoms with Gasteiger partial charge in [0, 0.05) is 25.7 Å². The zero-order chi connectivity index (χ0) is 18.3. The summed E-state index contributed by atoms with van der Waals surface area (Å²) in [5.41, 5.74) is 0.788. The largest absolute Gasteiger partial charge is 0.392 e. The standard InChI is InChI=1S/C18H24N6O2/c1-3-23-17(26)14-6-4-5-7-15(14)24-16(20-21-18(23)24)10-19-9-12-8-13(25)11-22(12)2/h4-7,12-13,19,25H,3,8-11H2,1-2H3. The van der Waals surface area contributed by atoms with Crippen molar-refractivity contribution in [3.05, 3.63) is 40.4 Å². The fraction of sp³-hybridized carbons (Fsp3) is 0.500. The molecular weight excluding hydrogens is 332 g/mol. The van der Waals surface area contributed by atoms with E-state index in [1.165, 1.54) is 0 Å². The first-order valence-corrected chi connectivity index (χ1v) is 9.04. The van der Waals surface area contributed by atoms with E-state index in [2.05, 4.69) is 20.4 Å². The molecule has 0 bridgehead atoms. The lowest BCUT2D eigenvalue weighted by Gasteiger charge is -2.19. The van der Waals surface area contributed by atoms with Crippen LogP contribution >= 0.6 is 0 Å². The van der Waals surface area contributed by atoms with E-state index in [1.54, 1.807) is 4.57 Å². The van der Waals surface area contributed by atoms with Gasteiger partial charge in [0.25, 0.3) is 5.56 Å². The monoisotopic (exact) mass is 356 g/mol. The Bertz CT molecular complexity index is 994. The number of para-hydroxylation sites is 1. The number of fused-ring (bicyclic) bond motifs is 3. The SMILES string of the molecule is CCn1c(=O)c2ccccc2n2c(CNCC3CC(O)CN3C)nnc12. The van der Waals surface area contributed by atoms with Crippen LogP contribution in [-0.2, 0) is 13.1 Å². The summed E-state index contributed by atoms with van der Waals surface area (Å²) in [6.07, 6.45) is 0.534. The van der Waals surface area contributed by atoms with Crippen molar-refractivity contribution in [1.29, 1.82) is 0 Å². The normalized spacial score (nSPS) is 21.2. The Morgan fingerprint density at radius 1 is 1.31 bits per heavy atom. The summed E-state index contributed by atoms with van der Waals surface area (Å²) >= 11 is 0. The van der Waals surface area contributed by atoms with E-state index < -0.39 is 0 Å².